The van der Waals surface area contributed by atoms with Gasteiger partial charge in [0.2, 0.25) is 10.0 Å². The first kappa shape index (κ1) is 20.7. The van der Waals surface area contributed by atoms with E-state index in [0.29, 0.717) is 17.9 Å². The zero-order valence-electron chi connectivity index (χ0n) is 15.8. The number of carbonyl (C=O) groups is 1. The van der Waals surface area contributed by atoms with Crippen LogP contribution in [0, 0.1) is 0 Å². The fourth-order valence-electron chi connectivity index (χ4n) is 2.65. The van der Waals surface area contributed by atoms with Crippen LogP contribution >= 0.6 is 0 Å². The van der Waals surface area contributed by atoms with E-state index in [9.17, 15) is 13.2 Å². The van der Waals surface area contributed by atoms with Gasteiger partial charge >= 0.3 is 0 Å². The minimum absolute atomic E-state index is 0.0387. The number of sulfonamides is 1. The average molecular weight is 392 g/mol. The molecule has 0 fully saturated rings. The minimum Gasteiger partial charge on any atom is -0.493 e. The van der Waals surface area contributed by atoms with Crippen LogP contribution in [0.2, 0.25) is 0 Å². The second-order valence-corrected chi connectivity index (χ2v) is 7.67. The first-order valence-electron chi connectivity index (χ1n) is 8.42. The highest BCUT2D eigenvalue weighted by molar-refractivity contribution is 7.89. The molecule has 0 saturated heterocycles. The molecule has 2 rings (SSSR count). The molecule has 0 heterocycles. The fourth-order valence-corrected chi connectivity index (χ4v) is 3.43. The number of amides is 1. The fraction of sp³-hybridized carbons (Fsp3) is 0.316. The molecule has 0 aliphatic heterocycles. The molecule has 8 heteroatoms. The zero-order chi connectivity index (χ0) is 20.0. The summed E-state index contributed by atoms with van der Waals surface area (Å²) in [6.07, 6.45) is 0.649. The van der Waals surface area contributed by atoms with Crippen molar-refractivity contribution in [2.45, 2.75) is 24.3 Å². The summed E-state index contributed by atoms with van der Waals surface area (Å²) in [7, 11) is 0.817. The topological polar surface area (TPSA) is 93.7 Å². The van der Waals surface area contributed by atoms with Crippen molar-refractivity contribution in [3.8, 4) is 11.5 Å². The van der Waals surface area contributed by atoms with Gasteiger partial charge in [0.15, 0.2) is 11.5 Å². The molecular weight excluding hydrogens is 368 g/mol. The highest BCUT2D eigenvalue weighted by atomic mass is 32.2. The van der Waals surface area contributed by atoms with Crippen molar-refractivity contribution in [1.82, 2.24) is 10.0 Å². The van der Waals surface area contributed by atoms with Gasteiger partial charge in [-0.1, -0.05) is 19.1 Å². The zero-order valence-corrected chi connectivity index (χ0v) is 16.6. The molecule has 27 heavy (non-hydrogen) atoms. The van der Waals surface area contributed by atoms with Crippen molar-refractivity contribution >= 4 is 15.9 Å². The second-order valence-electron chi connectivity index (χ2n) is 5.78. The highest BCUT2D eigenvalue weighted by Gasteiger charge is 2.18. The molecule has 0 aromatic heterocycles. The monoisotopic (exact) mass is 392 g/mol. The Morgan fingerprint density at radius 2 is 1.78 bits per heavy atom. The third-order valence-corrected chi connectivity index (χ3v) is 5.61. The van der Waals surface area contributed by atoms with Crippen LogP contribution in [0.5, 0.6) is 11.5 Å². The molecule has 0 spiro atoms. The Hall–Kier alpha value is -2.58. The predicted molar refractivity (Wildman–Crippen MR) is 103 cm³/mol. The molecule has 1 atom stereocenters. The van der Waals surface area contributed by atoms with Crippen LogP contribution in [-0.2, 0) is 10.0 Å². The van der Waals surface area contributed by atoms with E-state index in [-0.39, 0.29) is 22.4 Å². The number of methoxy groups -OCH3 is 2. The smallest absolute Gasteiger partial charge is 0.251 e. The lowest BCUT2D eigenvalue weighted by Crippen LogP contribution is -2.28. The molecule has 2 aromatic carbocycles. The number of ether oxygens (including phenoxy) is 2. The summed E-state index contributed by atoms with van der Waals surface area (Å²) in [4.78, 5) is 12.7. The van der Waals surface area contributed by atoms with Gasteiger partial charge in [-0.15, -0.1) is 0 Å². The van der Waals surface area contributed by atoms with E-state index in [2.05, 4.69) is 10.0 Å². The Bertz CT molecular complexity index is 912. The molecule has 2 aromatic rings. The average Bonchev–Trinajstić information content (AvgIpc) is 2.71. The van der Waals surface area contributed by atoms with E-state index in [1.165, 1.54) is 25.2 Å². The number of benzene rings is 2. The first-order chi connectivity index (χ1) is 12.9. The molecule has 0 aliphatic rings. The Morgan fingerprint density at radius 3 is 2.37 bits per heavy atom. The quantitative estimate of drug-likeness (QED) is 0.720. The SMILES string of the molecule is CC[C@@H](NC(=O)c1cccc(S(=O)(=O)NC)c1)c1ccc(OC)c(OC)c1. The van der Waals surface area contributed by atoms with Crippen LogP contribution in [0.15, 0.2) is 47.4 Å². The lowest BCUT2D eigenvalue weighted by Gasteiger charge is -2.19. The van der Waals surface area contributed by atoms with Gasteiger partial charge in [0.1, 0.15) is 0 Å². The van der Waals surface area contributed by atoms with Crippen molar-refractivity contribution in [3.05, 3.63) is 53.6 Å². The Labute approximate surface area is 159 Å². The molecule has 0 aliphatic carbocycles. The normalized spacial score (nSPS) is 12.3. The Balaban J connectivity index is 2.27. The Morgan fingerprint density at radius 1 is 1.07 bits per heavy atom. The van der Waals surface area contributed by atoms with E-state index < -0.39 is 10.0 Å². The maximum absolute atomic E-state index is 12.7. The maximum atomic E-state index is 12.7. The molecule has 0 saturated carbocycles. The summed E-state index contributed by atoms with van der Waals surface area (Å²) in [5.41, 5.74) is 1.13. The number of rotatable bonds is 8. The van der Waals surface area contributed by atoms with Gasteiger partial charge in [-0.2, -0.15) is 0 Å². The molecule has 0 bridgehead atoms. The summed E-state index contributed by atoms with van der Waals surface area (Å²) in [5.74, 6) is 0.821. The molecule has 7 nitrogen and oxygen atoms in total. The summed E-state index contributed by atoms with van der Waals surface area (Å²) in [5, 5.41) is 2.93. The second kappa shape index (κ2) is 8.88. The van der Waals surface area contributed by atoms with E-state index in [1.54, 1.807) is 26.4 Å². The maximum Gasteiger partial charge on any atom is 0.251 e. The van der Waals surface area contributed by atoms with E-state index >= 15 is 0 Å². The van der Waals surface area contributed by atoms with Gasteiger partial charge in [-0.3, -0.25) is 4.79 Å². The third-order valence-electron chi connectivity index (χ3n) is 4.20. The highest BCUT2D eigenvalue weighted by Crippen LogP contribution is 2.31. The van der Waals surface area contributed by atoms with E-state index in [4.69, 9.17) is 9.47 Å². The summed E-state index contributed by atoms with van der Waals surface area (Å²) >= 11 is 0. The molecule has 1 amide bonds. The summed E-state index contributed by atoms with van der Waals surface area (Å²) in [6.45, 7) is 1.95. The lowest BCUT2D eigenvalue weighted by atomic mass is 10.0. The van der Waals surface area contributed by atoms with Gasteiger partial charge in [0.25, 0.3) is 5.91 Å². The van der Waals surface area contributed by atoms with Crippen molar-refractivity contribution in [3.63, 3.8) is 0 Å². The largest absolute Gasteiger partial charge is 0.493 e. The molecular formula is C19H24N2O5S. The summed E-state index contributed by atoms with van der Waals surface area (Å²) < 4.78 is 36.7. The lowest BCUT2D eigenvalue weighted by molar-refractivity contribution is 0.0935. The molecule has 146 valence electrons. The van der Waals surface area contributed by atoms with Gasteiger partial charge in [0, 0.05) is 5.56 Å². The molecule has 0 radical (unpaired) electrons. The van der Waals surface area contributed by atoms with Crippen molar-refractivity contribution in [1.29, 1.82) is 0 Å². The number of nitrogens with one attached hydrogen (secondary N) is 2. The Kier molecular flexibility index (Phi) is 6.81. The van der Waals surface area contributed by atoms with Crippen LogP contribution < -0.4 is 19.5 Å². The molecule has 0 unspecified atom stereocenters. The van der Waals surface area contributed by atoms with Gasteiger partial charge in [-0.25, -0.2) is 13.1 Å². The van der Waals surface area contributed by atoms with Crippen molar-refractivity contribution < 1.29 is 22.7 Å². The minimum atomic E-state index is -3.62. The van der Waals surface area contributed by atoms with E-state index in [0.717, 1.165) is 5.56 Å². The van der Waals surface area contributed by atoms with Crippen LogP contribution in [-0.4, -0.2) is 35.6 Å². The van der Waals surface area contributed by atoms with Gasteiger partial charge in [-0.05, 0) is 49.4 Å². The first-order valence-corrected chi connectivity index (χ1v) is 9.91. The standard InChI is InChI=1S/C19H24N2O5S/c1-5-16(13-9-10-17(25-3)18(12-13)26-4)21-19(22)14-7-6-8-15(11-14)27(23,24)20-2/h6-12,16,20H,5H2,1-4H3,(H,21,22)/t16-/m1/s1. The number of hydrogen-bond acceptors (Lipinski definition) is 5. The number of carbonyl (C=O) groups excluding carboxylic acids is 1. The number of hydrogen-bond donors (Lipinski definition) is 2. The van der Waals surface area contributed by atoms with E-state index in [1.807, 2.05) is 19.1 Å². The van der Waals surface area contributed by atoms with Crippen LogP contribution in [0.3, 0.4) is 0 Å². The van der Waals surface area contributed by atoms with Gasteiger partial charge in [0.05, 0.1) is 25.2 Å². The van der Waals surface area contributed by atoms with Crippen molar-refractivity contribution in [2.75, 3.05) is 21.3 Å². The predicted octanol–water partition coefficient (Wildman–Crippen LogP) is 2.49. The van der Waals surface area contributed by atoms with Crippen LogP contribution in [0.25, 0.3) is 0 Å². The van der Waals surface area contributed by atoms with Gasteiger partial charge < -0.3 is 14.8 Å². The van der Waals surface area contributed by atoms with Crippen molar-refractivity contribution in [2.24, 2.45) is 0 Å². The van der Waals surface area contributed by atoms with Crippen LogP contribution in [0.1, 0.15) is 35.3 Å². The summed E-state index contributed by atoms with van der Waals surface area (Å²) in [6, 6.07) is 11.1. The molecule has 2 N–H and O–H groups in total. The third kappa shape index (κ3) is 4.78. The van der Waals surface area contributed by atoms with Crippen LogP contribution in [0.4, 0.5) is 0 Å².